The zero-order chi connectivity index (χ0) is 20.9. The molecule has 0 aliphatic rings. The highest BCUT2D eigenvalue weighted by Gasteiger charge is 2.26. The molecule has 0 aliphatic carbocycles. The normalized spacial score (nSPS) is 11.4. The number of benzene rings is 3. The molecule has 0 aliphatic heterocycles. The Morgan fingerprint density at radius 1 is 0.931 bits per heavy atom. The topological polar surface area (TPSA) is 63.7 Å². The number of carbonyl (C=O) groups excluding carboxylic acids is 1. The zero-order valence-corrected chi connectivity index (χ0v) is 17.5. The van der Waals surface area contributed by atoms with Crippen LogP contribution in [0.3, 0.4) is 0 Å². The molecule has 0 fully saturated rings. The number of ether oxygens (including phenoxy) is 1. The highest BCUT2D eigenvalue weighted by atomic mass is 32.2. The molecular weight excluding hydrogens is 386 g/mol. The lowest BCUT2D eigenvalue weighted by Gasteiger charge is -2.25. The number of carbonyl (C=O) groups is 1. The first-order chi connectivity index (χ1) is 14.0. The minimum Gasteiger partial charge on any atom is -0.462 e. The Labute approximate surface area is 172 Å². The molecule has 0 unspecified atom stereocenters. The fourth-order valence-electron chi connectivity index (χ4n) is 3.21. The summed E-state index contributed by atoms with van der Waals surface area (Å²) in [6.45, 7) is 4.42. The molecule has 0 aromatic heterocycles. The van der Waals surface area contributed by atoms with Gasteiger partial charge >= 0.3 is 5.97 Å². The van der Waals surface area contributed by atoms with Gasteiger partial charge in [-0.1, -0.05) is 49.7 Å². The summed E-state index contributed by atoms with van der Waals surface area (Å²) in [5.41, 5.74) is 0.924. The predicted molar refractivity (Wildman–Crippen MR) is 116 cm³/mol. The van der Waals surface area contributed by atoms with Crippen LogP contribution < -0.4 is 4.31 Å². The van der Waals surface area contributed by atoms with Crippen molar-refractivity contribution in [1.29, 1.82) is 0 Å². The third kappa shape index (κ3) is 4.43. The van der Waals surface area contributed by atoms with Gasteiger partial charge in [0.2, 0.25) is 0 Å². The molecule has 6 heteroatoms. The van der Waals surface area contributed by atoms with E-state index in [1.54, 1.807) is 43.3 Å². The number of nitrogens with zero attached hydrogens (tertiary/aromatic N) is 1. The van der Waals surface area contributed by atoms with E-state index in [4.69, 9.17) is 4.74 Å². The summed E-state index contributed by atoms with van der Waals surface area (Å²) in [5.74, 6) is -0.420. The van der Waals surface area contributed by atoms with Crippen LogP contribution in [0, 0.1) is 0 Å². The Balaban J connectivity index is 2.05. The van der Waals surface area contributed by atoms with Gasteiger partial charge in [0.1, 0.15) is 0 Å². The smallest absolute Gasteiger partial charge is 0.338 e. The van der Waals surface area contributed by atoms with Crippen LogP contribution in [0.25, 0.3) is 10.8 Å². The summed E-state index contributed by atoms with van der Waals surface area (Å²) in [7, 11) is -3.78. The zero-order valence-electron chi connectivity index (χ0n) is 16.7. The number of unbranched alkanes of at least 4 members (excludes halogenated alkanes) is 1. The van der Waals surface area contributed by atoms with Crippen LogP contribution in [0.5, 0.6) is 0 Å². The van der Waals surface area contributed by atoms with Crippen molar-refractivity contribution in [2.24, 2.45) is 0 Å². The van der Waals surface area contributed by atoms with Crippen LogP contribution >= 0.6 is 0 Å². The lowest BCUT2D eigenvalue weighted by molar-refractivity contribution is 0.0526. The molecule has 3 rings (SSSR count). The molecule has 0 bridgehead atoms. The van der Waals surface area contributed by atoms with Crippen molar-refractivity contribution in [3.63, 3.8) is 0 Å². The van der Waals surface area contributed by atoms with Gasteiger partial charge in [-0.2, -0.15) is 0 Å². The van der Waals surface area contributed by atoms with E-state index in [1.807, 2.05) is 37.3 Å². The maximum absolute atomic E-state index is 13.6. The Morgan fingerprint density at radius 3 is 2.31 bits per heavy atom. The minimum absolute atomic E-state index is 0.279. The summed E-state index contributed by atoms with van der Waals surface area (Å²) in [4.78, 5) is 12.2. The molecule has 0 radical (unpaired) electrons. The number of sulfonamides is 1. The maximum atomic E-state index is 13.6. The maximum Gasteiger partial charge on any atom is 0.338 e. The van der Waals surface area contributed by atoms with Crippen molar-refractivity contribution in [2.45, 2.75) is 31.6 Å². The highest BCUT2D eigenvalue weighted by molar-refractivity contribution is 7.93. The molecule has 0 heterocycles. The van der Waals surface area contributed by atoms with Gasteiger partial charge < -0.3 is 4.74 Å². The van der Waals surface area contributed by atoms with E-state index in [1.165, 1.54) is 4.31 Å². The van der Waals surface area contributed by atoms with Gasteiger partial charge in [0.05, 0.1) is 22.8 Å². The first kappa shape index (κ1) is 20.9. The van der Waals surface area contributed by atoms with Crippen LogP contribution in [0.15, 0.2) is 71.6 Å². The monoisotopic (exact) mass is 411 g/mol. The summed E-state index contributed by atoms with van der Waals surface area (Å²) in [6, 6.07) is 19.3. The van der Waals surface area contributed by atoms with E-state index in [2.05, 4.69) is 0 Å². The quantitative estimate of drug-likeness (QED) is 0.489. The molecule has 0 atom stereocenters. The second-order valence-electron chi connectivity index (χ2n) is 6.68. The van der Waals surface area contributed by atoms with E-state index in [0.29, 0.717) is 29.8 Å². The number of fused-ring (bicyclic) bond motifs is 1. The second-order valence-corrected chi connectivity index (χ2v) is 8.51. The molecule has 0 saturated heterocycles. The minimum atomic E-state index is -3.78. The van der Waals surface area contributed by atoms with E-state index in [0.717, 1.165) is 18.2 Å². The number of esters is 1. The van der Waals surface area contributed by atoms with Crippen molar-refractivity contribution < 1.29 is 17.9 Å². The molecule has 152 valence electrons. The van der Waals surface area contributed by atoms with E-state index >= 15 is 0 Å². The van der Waals surface area contributed by atoms with Crippen molar-refractivity contribution in [1.82, 2.24) is 0 Å². The summed E-state index contributed by atoms with van der Waals surface area (Å²) >= 11 is 0. The largest absolute Gasteiger partial charge is 0.462 e. The molecule has 0 N–H and O–H groups in total. The molecule has 0 spiro atoms. The van der Waals surface area contributed by atoms with Crippen LogP contribution in [0.2, 0.25) is 0 Å². The van der Waals surface area contributed by atoms with Crippen molar-refractivity contribution >= 4 is 32.5 Å². The van der Waals surface area contributed by atoms with Gasteiger partial charge in [0.25, 0.3) is 10.0 Å². The summed E-state index contributed by atoms with van der Waals surface area (Å²) in [6.07, 6.45) is 1.59. The number of rotatable bonds is 8. The molecule has 29 heavy (non-hydrogen) atoms. The predicted octanol–water partition coefficient (Wildman–Crippen LogP) is 5.01. The molecule has 3 aromatic rings. The Bertz CT molecular complexity index is 1090. The molecule has 0 saturated carbocycles. The van der Waals surface area contributed by atoms with Crippen molar-refractivity contribution in [2.75, 3.05) is 17.5 Å². The summed E-state index contributed by atoms with van der Waals surface area (Å²) in [5, 5.41) is 1.57. The van der Waals surface area contributed by atoms with Gasteiger partial charge in [-0.05, 0) is 49.1 Å². The second kappa shape index (κ2) is 9.09. The van der Waals surface area contributed by atoms with Gasteiger partial charge in [0, 0.05) is 11.9 Å². The van der Waals surface area contributed by atoms with Gasteiger partial charge in [-0.15, -0.1) is 0 Å². The Hall–Kier alpha value is -2.86. The Kier molecular flexibility index (Phi) is 6.54. The highest BCUT2D eigenvalue weighted by Crippen LogP contribution is 2.29. The van der Waals surface area contributed by atoms with Crippen molar-refractivity contribution in [3.05, 3.63) is 72.3 Å². The first-order valence-corrected chi connectivity index (χ1v) is 11.2. The average Bonchev–Trinajstić information content (AvgIpc) is 2.74. The van der Waals surface area contributed by atoms with Crippen LogP contribution in [0.1, 0.15) is 37.0 Å². The van der Waals surface area contributed by atoms with Crippen molar-refractivity contribution in [3.8, 4) is 0 Å². The number of hydrogen-bond donors (Lipinski definition) is 0. The van der Waals surface area contributed by atoms with E-state index < -0.39 is 16.0 Å². The lowest BCUT2D eigenvalue weighted by Crippen LogP contribution is -2.32. The lowest BCUT2D eigenvalue weighted by atomic mass is 10.1. The van der Waals surface area contributed by atoms with Gasteiger partial charge in [-0.3, -0.25) is 4.31 Å². The standard InChI is InChI=1S/C23H25NO4S/c1-3-5-17-24(20-15-13-19(14-16-20)23(25)28-4-2)29(26,27)22-12-8-10-18-9-6-7-11-21(18)22/h6-16H,3-5,17H2,1-2H3. The molecule has 3 aromatic carbocycles. The SMILES string of the molecule is CCCCN(c1ccc(C(=O)OCC)cc1)S(=O)(=O)c1cccc2ccccc12. The third-order valence-corrected chi connectivity index (χ3v) is 6.58. The summed E-state index contributed by atoms with van der Waals surface area (Å²) < 4.78 is 33.6. The van der Waals surface area contributed by atoms with Crippen LogP contribution in [0.4, 0.5) is 5.69 Å². The fraction of sp³-hybridized carbons (Fsp3) is 0.261. The fourth-order valence-corrected chi connectivity index (χ4v) is 4.93. The van der Waals surface area contributed by atoms with Gasteiger partial charge in [0.15, 0.2) is 0 Å². The number of hydrogen-bond acceptors (Lipinski definition) is 4. The third-order valence-electron chi connectivity index (χ3n) is 4.70. The Morgan fingerprint density at radius 2 is 1.62 bits per heavy atom. The average molecular weight is 412 g/mol. The molecule has 5 nitrogen and oxygen atoms in total. The van der Waals surface area contributed by atoms with Crippen LogP contribution in [-0.2, 0) is 14.8 Å². The van der Waals surface area contributed by atoms with Crippen LogP contribution in [-0.4, -0.2) is 27.5 Å². The first-order valence-electron chi connectivity index (χ1n) is 9.76. The van der Waals surface area contributed by atoms with Gasteiger partial charge in [-0.25, -0.2) is 13.2 Å². The van der Waals surface area contributed by atoms with E-state index in [9.17, 15) is 13.2 Å². The molecular formula is C23H25NO4S. The number of anilines is 1. The van der Waals surface area contributed by atoms with E-state index in [-0.39, 0.29) is 4.90 Å². The molecule has 0 amide bonds.